The molecule has 0 aromatic heterocycles. The van der Waals surface area contributed by atoms with Crippen molar-refractivity contribution in [3.05, 3.63) is 65.2 Å². The first-order chi connectivity index (χ1) is 12.2. The van der Waals surface area contributed by atoms with Crippen molar-refractivity contribution in [1.82, 2.24) is 5.32 Å². The Hall–Kier alpha value is -2.66. The van der Waals surface area contributed by atoms with E-state index in [9.17, 15) is 9.59 Å². The van der Waals surface area contributed by atoms with E-state index < -0.39 is 0 Å². The first-order valence-corrected chi connectivity index (χ1v) is 8.43. The number of benzene rings is 2. The Morgan fingerprint density at radius 2 is 1.92 bits per heavy atom. The number of carbonyl (C=O) groups excluding carboxylic acids is 2. The molecule has 2 aromatic carbocycles. The monoisotopic (exact) mass is 338 g/mol. The minimum atomic E-state index is -0.144. The fourth-order valence-electron chi connectivity index (χ4n) is 2.94. The molecular formula is C20H22N2O3. The van der Waals surface area contributed by atoms with Gasteiger partial charge >= 0.3 is 0 Å². The van der Waals surface area contributed by atoms with Gasteiger partial charge in [0.1, 0.15) is 0 Å². The van der Waals surface area contributed by atoms with Crippen LogP contribution in [0.2, 0.25) is 0 Å². The van der Waals surface area contributed by atoms with E-state index in [1.54, 1.807) is 24.1 Å². The molecule has 5 heteroatoms. The molecular weight excluding hydrogens is 316 g/mol. The van der Waals surface area contributed by atoms with E-state index in [-0.39, 0.29) is 11.8 Å². The Bertz CT molecular complexity index is 756. The molecule has 0 spiro atoms. The molecule has 1 N–H and O–H groups in total. The largest absolute Gasteiger partial charge is 0.380 e. The number of nitrogens with one attached hydrogen (secondary N) is 1. The van der Waals surface area contributed by atoms with Crippen LogP contribution >= 0.6 is 0 Å². The third-order valence-corrected chi connectivity index (χ3v) is 4.28. The summed E-state index contributed by atoms with van der Waals surface area (Å²) in [7, 11) is 1.66. The Labute approximate surface area is 147 Å². The van der Waals surface area contributed by atoms with Crippen LogP contribution in [0, 0.1) is 0 Å². The molecule has 0 bridgehead atoms. The molecule has 0 unspecified atom stereocenters. The summed E-state index contributed by atoms with van der Waals surface area (Å²) >= 11 is 0. The summed E-state index contributed by atoms with van der Waals surface area (Å²) < 4.78 is 5.09. The minimum Gasteiger partial charge on any atom is -0.380 e. The van der Waals surface area contributed by atoms with Gasteiger partial charge in [-0.15, -0.1) is 0 Å². The minimum absolute atomic E-state index is 0.119. The quantitative estimate of drug-likeness (QED) is 0.881. The van der Waals surface area contributed by atoms with E-state index in [1.165, 1.54) is 0 Å². The highest BCUT2D eigenvalue weighted by atomic mass is 16.5. The van der Waals surface area contributed by atoms with Crippen molar-refractivity contribution in [3.63, 3.8) is 0 Å². The fourth-order valence-corrected chi connectivity index (χ4v) is 2.94. The number of anilines is 1. The highest BCUT2D eigenvalue weighted by Gasteiger charge is 2.22. The Morgan fingerprint density at radius 3 is 2.60 bits per heavy atom. The number of rotatable bonds is 6. The Balaban J connectivity index is 1.62. The molecule has 130 valence electrons. The average molecular weight is 338 g/mol. The maximum atomic E-state index is 12.4. The molecule has 3 rings (SSSR count). The van der Waals surface area contributed by atoms with Crippen LogP contribution in [0.15, 0.2) is 48.5 Å². The zero-order valence-corrected chi connectivity index (χ0v) is 14.3. The second kappa shape index (κ2) is 7.94. The highest BCUT2D eigenvalue weighted by Crippen LogP contribution is 2.22. The van der Waals surface area contributed by atoms with Crippen LogP contribution in [0.4, 0.5) is 5.69 Å². The molecule has 2 amide bonds. The van der Waals surface area contributed by atoms with Gasteiger partial charge in [-0.2, -0.15) is 0 Å². The lowest BCUT2D eigenvalue weighted by Crippen LogP contribution is -2.25. The number of carbonyl (C=O) groups is 2. The summed E-state index contributed by atoms with van der Waals surface area (Å²) in [4.78, 5) is 26.0. The molecule has 1 saturated heterocycles. The van der Waals surface area contributed by atoms with Crippen molar-refractivity contribution < 1.29 is 14.3 Å². The van der Waals surface area contributed by atoms with Gasteiger partial charge in [-0.05, 0) is 35.7 Å². The maximum absolute atomic E-state index is 12.4. The molecule has 1 aliphatic heterocycles. The second-order valence-corrected chi connectivity index (χ2v) is 6.13. The van der Waals surface area contributed by atoms with Gasteiger partial charge in [0.05, 0.1) is 6.61 Å². The zero-order chi connectivity index (χ0) is 17.6. The lowest BCUT2D eigenvalue weighted by Gasteiger charge is -2.16. The first-order valence-electron chi connectivity index (χ1n) is 8.43. The third kappa shape index (κ3) is 4.25. The third-order valence-electron chi connectivity index (χ3n) is 4.28. The molecule has 2 aromatic rings. The number of ether oxygens (including phenoxy) is 1. The van der Waals surface area contributed by atoms with Gasteiger partial charge in [-0.1, -0.05) is 30.3 Å². The number of hydrogen-bond acceptors (Lipinski definition) is 3. The van der Waals surface area contributed by atoms with Crippen LogP contribution in [-0.2, 0) is 22.7 Å². The van der Waals surface area contributed by atoms with E-state index in [0.717, 1.165) is 29.8 Å². The Kier molecular flexibility index (Phi) is 5.46. The Morgan fingerprint density at radius 1 is 1.16 bits per heavy atom. The van der Waals surface area contributed by atoms with Crippen molar-refractivity contribution in [2.24, 2.45) is 0 Å². The number of methoxy groups -OCH3 is 1. The van der Waals surface area contributed by atoms with E-state index in [4.69, 9.17) is 4.74 Å². The molecule has 1 fully saturated rings. The van der Waals surface area contributed by atoms with E-state index >= 15 is 0 Å². The molecule has 1 heterocycles. The van der Waals surface area contributed by atoms with Crippen LogP contribution < -0.4 is 10.2 Å². The molecule has 5 nitrogen and oxygen atoms in total. The molecule has 25 heavy (non-hydrogen) atoms. The molecule has 1 aliphatic rings. The van der Waals surface area contributed by atoms with Gasteiger partial charge in [-0.3, -0.25) is 9.59 Å². The van der Waals surface area contributed by atoms with Gasteiger partial charge < -0.3 is 15.0 Å². The number of hydrogen-bond donors (Lipinski definition) is 1. The van der Waals surface area contributed by atoms with Crippen molar-refractivity contribution >= 4 is 17.5 Å². The fraction of sp³-hybridized carbons (Fsp3) is 0.300. The predicted octanol–water partition coefficient (Wildman–Crippen LogP) is 2.89. The highest BCUT2D eigenvalue weighted by molar-refractivity contribution is 5.99. The van der Waals surface area contributed by atoms with Crippen LogP contribution in [-0.4, -0.2) is 25.5 Å². The zero-order valence-electron chi connectivity index (χ0n) is 14.3. The summed E-state index contributed by atoms with van der Waals surface area (Å²) in [6, 6.07) is 15.2. The van der Waals surface area contributed by atoms with Crippen LogP contribution in [0.3, 0.4) is 0 Å². The van der Waals surface area contributed by atoms with Gasteiger partial charge in [0.15, 0.2) is 0 Å². The van der Waals surface area contributed by atoms with Crippen molar-refractivity contribution in [2.45, 2.75) is 26.0 Å². The first kappa shape index (κ1) is 17.2. The van der Waals surface area contributed by atoms with Gasteiger partial charge in [0, 0.05) is 37.9 Å². The van der Waals surface area contributed by atoms with E-state index in [1.807, 2.05) is 36.4 Å². The van der Waals surface area contributed by atoms with E-state index in [2.05, 4.69) is 5.32 Å². The summed E-state index contributed by atoms with van der Waals surface area (Å²) in [6.07, 6.45) is 1.45. The van der Waals surface area contributed by atoms with E-state index in [0.29, 0.717) is 25.1 Å². The van der Waals surface area contributed by atoms with Crippen molar-refractivity contribution in [1.29, 1.82) is 0 Å². The summed E-state index contributed by atoms with van der Waals surface area (Å²) in [5.74, 6) is -0.0248. The van der Waals surface area contributed by atoms with Gasteiger partial charge in [0.25, 0.3) is 5.91 Å². The molecule has 0 saturated carbocycles. The van der Waals surface area contributed by atoms with Crippen LogP contribution in [0.25, 0.3) is 0 Å². The smallest absolute Gasteiger partial charge is 0.251 e. The van der Waals surface area contributed by atoms with Gasteiger partial charge in [-0.25, -0.2) is 0 Å². The summed E-state index contributed by atoms with van der Waals surface area (Å²) in [5.41, 5.74) is 3.48. The van der Waals surface area contributed by atoms with Crippen LogP contribution in [0.5, 0.6) is 0 Å². The number of nitrogens with zero attached hydrogens (tertiary/aromatic N) is 1. The molecule has 0 radical (unpaired) electrons. The lowest BCUT2D eigenvalue weighted by molar-refractivity contribution is -0.117. The normalized spacial score (nSPS) is 14.0. The lowest BCUT2D eigenvalue weighted by atomic mass is 10.1. The van der Waals surface area contributed by atoms with Crippen molar-refractivity contribution in [3.8, 4) is 0 Å². The standard InChI is InChI=1S/C20H22N2O3/c1-25-14-16-9-7-15(8-10-16)13-21-20(24)17-4-2-5-18(12-17)22-11-3-6-19(22)23/h2,4-5,7-10,12H,3,6,11,13-14H2,1H3,(H,21,24). The summed E-state index contributed by atoms with van der Waals surface area (Å²) in [5, 5.41) is 2.92. The van der Waals surface area contributed by atoms with Gasteiger partial charge in [0.2, 0.25) is 5.91 Å². The maximum Gasteiger partial charge on any atom is 0.251 e. The summed E-state index contributed by atoms with van der Waals surface area (Å²) in [6.45, 7) is 1.76. The molecule has 0 aliphatic carbocycles. The predicted molar refractivity (Wildman–Crippen MR) is 96.4 cm³/mol. The topological polar surface area (TPSA) is 58.6 Å². The number of amides is 2. The molecule has 0 atom stereocenters. The van der Waals surface area contributed by atoms with Crippen LogP contribution in [0.1, 0.15) is 34.3 Å². The second-order valence-electron chi connectivity index (χ2n) is 6.13. The SMILES string of the molecule is COCc1ccc(CNC(=O)c2cccc(N3CCCC3=O)c2)cc1. The average Bonchev–Trinajstić information content (AvgIpc) is 3.07. The van der Waals surface area contributed by atoms with Crippen molar-refractivity contribution in [2.75, 3.05) is 18.6 Å².